The Morgan fingerprint density at radius 3 is 1.62 bits per heavy atom. The Bertz CT molecular complexity index is 300. The van der Waals surface area contributed by atoms with Gasteiger partial charge < -0.3 is 0 Å². The van der Waals surface area contributed by atoms with Crippen LogP contribution < -0.4 is 0 Å². The van der Waals surface area contributed by atoms with Gasteiger partial charge in [0.25, 0.3) is 0 Å². The van der Waals surface area contributed by atoms with E-state index in [0.717, 1.165) is 0 Å². The standard InChI is InChI=1S/C15H25P/c1-14(2,3)16(15(4,5)6)12-13-10-8-7-9-11-13/h7-11H,12H2,1-6H3/p+1. The second-order valence-electron chi connectivity index (χ2n) is 6.64. The van der Waals surface area contributed by atoms with E-state index in [-0.39, 0.29) is 0 Å². The van der Waals surface area contributed by atoms with E-state index in [1.165, 1.54) is 11.7 Å². The molecule has 0 unspecified atom stereocenters. The van der Waals surface area contributed by atoms with E-state index in [0.29, 0.717) is 10.3 Å². The molecular formula is C15H26P+. The Hall–Kier alpha value is -0.350. The molecule has 0 radical (unpaired) electrons. The third-order valence-electron chi connectivity index (χ3n) is 3.03. The van der Waals surface area contributed by atoms with Crippen molar-refractivity contribution in [3.05, 3.63) is 35.9 Å². The largest absolute Gasteiger partial charge is 0.0830 e. The summed E-state index contributed by atoms with van der Waals surface area (Å²) in [4.78, 5) is 0. The van der Waals surface area contributed by atoms with E-state index in [4.69, 9.17) is 0 Å². The van der Waals surface area contributed by atoms with Crippen molar-refractivity contribution in [2.75, 3.05) is 0 Å². The molecule has 1 rings (SSSR count). The van der Waals surface area contributed by atoms with Gasteiger partial charge in [0, 0.05) is 7.92 Å². The first kappa shape index (κ1) is 13.7. The smallest absolute Gasteiger partial charge is 0.0622 e. The molecule has 0 atom stereocenters. The van der Waals surface area contributed by atoms with Crippen molar-refractivity contribution in [1.82, 2.24) is 0 Å². The highest BCUT2D eigenvalue weighted by Gasteiger charge is 2.41. The molecule has 0 aliphatic heterocycles. The van der Waals surface area contributed by atoms with E-state index < -0.39 is 7.92 Å². The van der Waals surface area contributed by atoms with Gasteiger partial charge in [-0.05, 0) is 47.1 Å². The van der Waals surface area contributed by atoms with Gasteiger partial charge in [0.1, 0.15) is 0 Å². The fourth-order valence-electron chi connectivity index (χ4n) is 2.46. The highest BCUT2D eigenvalue weighted by Crippen LogP contribution is 2.61. The minimum absolute atomic E-state index is 0.428. The molecule has 0 spiro atoms. The third-order valence-corrected chi connectivity index (χ3v) is 7.42. The van der Waals surface area contributed by atoms with Crippen molar-refractivity contribution >= 4 is 7.92 Å². The van der Waals surface area contributed by atoms with Crippen LogP contribution in [0, 0.1) is 0 Å². The summed E-state index contributed by atoms with van der Waals surface area (Å²) < 4.78 is 0. The van der Waals surface area contributed by atoms with Crippen LogP contribution in [0.3, 0.4) is 0 Å². The Morgan fingerprint density at radius 1 is 0.812 bits per heavy atom. The average molecular weight is 237 g/mol. The lowest BCUT2D eigenvalue weighted by Crippen LogP contribution is -2.25. The topological polar surface area (TPSA) is 0 Å². The summed E-state index contributed by atoms with van der Waals surface area (Å²) >= 11 is 0. The maximum Gasteiger partial charge on any atom is 0.0830 e. The van der Waals surface area contributed by atoms with Gasteiger partial charge >= 0.3 is 0 Å². The van der Waals surface area contributed by atoms with Gasteiger partial charge in [0.2, 0.25) is 0 Å². The van der Waals surface area contributed by atoms with Crippen molar-refractivity contribution < 1.29 is 0 Å². The van der Waals surface area contributed by atoms with Crippen LogP contribution in [-0.4, -0.2) is 10.3 Å². The monoisotopic (exact) mass is 237 g/mol. The van der Waals surface area contributed by atoms with Crippen LogP contribution in [0.5, 0.6) is 0 Å². The summed E-state index contributed by atoms with van der Waals surface area (Å²) in [5.41, 5.74) is 1.50. The molecule has 0 aromatic heterocycles. The summed E-state index contributed by atoms with van der Waals surface area (Å²) in [5, 5.41) is 0.914. The quantitative estimate of drug-likeness (QED) is 0.635. The van der Waals surface area contributed by atoms with Gasteiger partial charge in [-0.3, -0.25) is 0 Å². The van der Waals surface area contributed by atoms with E-state index in [1.807, 2.05) is 0 Å². The summed E-state index contributed by atoms with van der Waals surface area (Å²) in [6.45, 7) is 14.4. The van der Waals surface area contributed by atoms with Crippen LogP contribution in [0.15, 0.2) is 30.3 Å². The first-order chi connectivity index (χ1) is 7.21. The maximum atomic E-state index is 2.40. The number of benzene rings is 1. The first-order valence-corrected chi connectivity index (χ1v) is 7.82. The predicted octanol–water partition coefficient (Wildman–Crippen LogP) is 5.00. The Morgan fingerprint density at radius 2 is 1.25 bits per heavy atom. The second-order valence-corrected chi connectivity index (χ2v) is 11.0. The minimum Gasteiger partial charge on any atom is -0.0622 e. The molecule has 1 aromatic carbocycles. The van der Waals surface area contributed by atoms with Gasteiger partial charge in [-0.15, -0.1) is 0 Å². The molecule has 16 heavy (non-hydrogen) atoms. The van der Waals surface area contributed by atoms with Crippen LogP contribution in [0.4, 0.5) is 0 Å². The number of hydrogen-bond acceptors (Lipinski definition) is 0. The Kier molecular flexibility index (Phi) is 4.18. The normalized spacial score (nSPS) is 13.2. The van der Waals surface area contributed by atoms with Crippen molar-refractivity contribution in [2.24, 2.45) is 0 Å². The zero-order chi connectivity index (χ0) is 12.4. The molecule has 0 saturated carbocycles. The molecule has 0 amide bonds. The van der Waals surface area contributed by atoms with Crippen LogP contribution in [0.2, 0.25) is 0 Å². The second kappa shape index (κ2) is 4.88. The van der Waals surface area contributed by atoms with Crippen LogP contribution in [0.1, 0.15) is 47.1 Å². The SMILES string of the molecule is CC(C)(C)[PH+](Cc1ccccc1)C(C)(C)C. The lowest BCUT2D eigenvalue weighted by atomic mass is 10.2. The lowest BCUT2D eigenvalue weighted by Gasteiger charge is -2.34. The van der Waals surface area contributed by atoms with Crippen molar-refractivity contribution in [3.63, 3.8) is 0 Å². The van der Waals surface area contributed by atoms with E-state index in [2.05, 4.69) is 71.9 Å². The van der Waals surface area contributed by atoms with Gasteiger partial charge in [0.05, 0.1) is 16.5 Å². The Labute approximate surface area is 102 Å². The molecule has 0 saturated heterocycles. The molecule has 0 N–H and O–H groups in total. The number of hydrogen-bond donors (Lipinski definition) is 0. The first-order valence-electron chi connectivity index (χ1n) is 6.12. The van der Waals surface area contributed by atoms with Crippen LogP contribution in [-0.2, 0) is 6.16 Å². The predicted molar refractivity (Wildman–Crippen MR) is 78.0 cm³/mol. The van der Waals surface area contributed by atoms with Crippen molar-refractivity contribution in [1.29, 1.82) is 0 Å². The summed E-state index contributed by atoms with van der Waals surface area (Å²) in [6, 6.07) is 10.9. The van der Waals surface area contributed by atoms with Crippen molar-refractivity contribution in [2.45, 2.75) is 58.0 Å². The summed E-state index contributed by atoms with van der Waals surface area (Å²) in [5.74, 6) is 0. The number of rotatable bonds is 2. The minimum atomic E-state index is -0.428. The summed E-state index contributed by atoms with van der Waals surface area (Å²) in [6.07, 6.45) is 1.28. The molecule has 1 heteroatoms. The molecular weight excluding hydrogens is 211 g/mol. The molecule has 1 aromatic rings. The lowest BCUT2D eigenvalue weighted by molar-refractivity contribution is 0.702. The third kappa shape index (κ3) is 3.91. The van der Waals surface area contributed by atoms with Gasteiger partial charge in [0.15, 0.2) is 0 Å². The highest BCUT2D eigenvalue weighted by molar-refractivity contribution is 7.60. The molecule has 0 aliphatic rings. The zero-order valence-electron chi connectivity index (χ0n) is 11.6. The molecule has 0 aliphatic carbocycles. The van der Waals surface area contributed by atoms with Crippen LogP contribution >= 0.6 is 7.92 Å². The zero-order valence-corrected chi connectivity index (χ0v) is 12.6. The molecule has 0 bridgehead atoms. The fourth-order valence-corrected chi connectivity index (χ4v) is 6.41. The van der Waals surface area contributed by atoms with E-state index in [1.54, 1.807) is 0 Å². The molecule has 0 fully saturated rings. The highest BCUT2D eigenvalue weighted by atomic mass is 31.1. The van der Waals surface area contributed by atoms with Crippen LogP contribution in [0.25, 0.3) is 0 Å². The van der Waals surface area contributed by atoms with E-state index in [9.17, 15) is 0 Å². The van der Waals surface area contributed by atoms with Gasteiger partial charge in [-0.1, -0.05) is 30.3 Å². The average Bonchev–Trinajstić information content (AvgIpc) is 2.12. The van der Waals surface area contributed by atoms with Gasteiger partial charge in [-0.2, -0.15) is 0 Å². The molecule has 0 nitrogen and oxygen atoms in total. The maximum absolute atomic E-state index is 2.40. The molecule has 0 heterocycles. The Balaban J connectivity index is 2.89. The van der Waals surface area contributed by atoms with E-state index >= 15 is 0 Å². The fraction of sp³-hybridized carbons (Fsp3) is 0.600. The molecule has 90 valence electrons. The van der Waals surface area contributed by atoms with Gasteiger partial charge in [-0.25, -0.2) is 0 Å². The van der Waals surface area contributed by atoms with Crippen molar-refractivity contribution in [3.8, 4) is 0 Å². The summed E-state index contributed by atoms with van der Waals surface area (Å²) in [7, 11) is -0.428.